The summed E-state index contributed by atoms with van der Waals surface area (Å²) in [5.74, 6) is 0.766. The van der Waals surface area contributed by atoms with Crippen molar-refractivity contribution in [3.63, 3.8) is 0 Å². The maximum atomic E-state index is 13.9. The van der Waals surface area contributed by atoms with E-state index in [-0.39, 0.29) is 29.4 Å². The Hall–Kier alpha value is -5.83. The smallest absolute Gasteiger partial charge is 0.323 e. The first-order valence-corrected chi connectivity index (χ1v) is 15.4. The number of anilines is 2. The number of benzene rings is 2. The first-order chi connectivity index (χ1) is 22.9. The number of nitrogens with zero attached hydrogens (tertiary/aromatic N) is 7. The fraction of sp³-hybridized carbons (Fsp3) is 0.257. The molecule has 11 nitrogen and oxygen atoms in total. The minimum Gasteiger partial charge on any atom is -0.496 e. The van der Waals surface area contributed by atoms with Gasteiger partial charge in [-0.2, -0.15) is 10.4 Å². The SMILES string of the molecule is COc1cc(F)ccc1-c1nc(NC2CCC(N(C(=O)NCc3ccccc3)c3ccc(-c4cnn(C)c4)cn3)CC2)ncc1C#N. The molecule has 12 heteroatoms. The number of nitrogens with one attached hydrogen (secondary N) is 2. The molecule has 1 saturated carbocycles. The summed E-state index contributed by atoms with van der Waals surface area (Å²) in [5, 5.41) is 20.4. The van der Waals surface area contributed by atoms with Gasteiger partial charge in [-0.05, 0) is 55.5 Å². The van der Waals surface area contributed by atoms with Gasteiger partial charge in [0.05, 0.1) is 30.8 Å². The highest BCUT2D eigenvalue weighted by molar-refractivity contribution is 5.91. The minimum atomic E-state index is -0.448. The second kappa shape index (κ2) is 14.1. The van der Waals surface area contributed by atoms with E-state index in [1.54, 1.807) is 28.0 Å². The lowest BCUT2D eigenvalue weighted by Crippen LogP contribution is -2.49. The standard InChI is InChI=1S/C35H34FN9O2/c1-44-22-26(21-41-44)24-8-15-32(38-19-24)45(35(46)40-18-23-6-4-3-5-7-23)29-12-10-28(11-13-29)42-34-39-20-25(17-37)33(43-34)30-14-9-27(36)16-31(30)47-2/h3-9,14-16,19-22,28-29H,10-13,18H2,1-2H3,(H,40,46)(H,39,42,43). The molecule has 238 valence electrons. The van der Waals surface area contributed by atoms with Gasteiger partial charge in [0.15, 0.2) is 0 Å². The highest BCUT2D eigenvalue weighted by atomic mass is 19.1. The first kappa shape index (κ1) is 31.2. The highest BCUT2D eigenvalue weighted by Crippen LogP contribution is 2.33. The summed E-state index contributed by atoms with van der Waals surface area (Å²) < 4.78 is 20.9. The van der Waals surface area contributed by atoms with Crippen LogP contribution in [0.2, 0.25) is 0 Å². The Labute approximate surface area is 272 Å². The van der Waals surface area contributed by atoms with Gasteiger partial charge in [-0.25, -0.2) is 24.1 Å². The molecule has 1 aliphatic rings. The second-order valence-corrected chi connectivity index (χ2v) is 11.4. The van der Waals surface area contributed by atoms with Crippen LogP contribution in [0.5, 0.6) is 5.75 Å². The summed E-state index contributed by atoms with van der Waals surface area (Å²) in [4.78, 5) is 29.2. The molecular weight excluding hydrogens is 597 g/mol. The van der Waals surface area contributed by atoms with Crippen molar-refractivity contribution < 1.29 is 13.9 Å². The Morgan fingerprint density at radius 1 is 1.04 bits per heavy atom. The molecule has 2 aromatic carbocycles. The average Bonchev–Trinajstić information content (AvgIpc) is 3.55. The van der Waals surface area contributed by atoms with Crippen molar-refractivity contribution in [1.29, 1.82) is 5.26 Å². The molecule has 0 saturated heterocycles. The van der Waals surface area contributed by atoms with Crippen LogP contribution in [0.1, 0.15) is 36.8 Å². The molecule has 2 N–H and O–H groups in total. The Balaban J connectivity index is 1.18. The van der Waals surface area contributed by atoms with E-state index in [1.165, 1.54) is 25.4 Å². The summed E-state index contributed by atoms with van der Waals surface area (Å²) in [6, 6.07) is 19.6. The lowest BCUT2D eigenvalue weighted by molar-refractivity contribution is 0.240. The van der Waals surface area contributed by atoms with Crippen molar-refractivity contribution in [3.8, 4) is 34.2 Å². The zero-order chi connectivity index (χ0) is 32.8. The molecule has 5 aromatic rings. The number of hydrogen-bond acceptors (Lipinski definition) is 8. The zero-order valence-corrected chi connectivity index (χ0v) is 26.1. The Morgan fingerprint density at radius 3 is 2.53 bits per heavy atom. The number of nitriles is 1. The summed E-state index contributed by atoms with van der Waals surface area (Å²) in [5.41, 5.74) is 3.98. The molecule has 1 fully saturated rings. The largest absolute Gasteiger partial charge is 0.496 e. The number of carbonyl (C=O) groups excluding carboxylic acids is 1. The van der Waals surface area contributed by atoms with E-state index in [0.29, 0.717) is 29.6 Å². The topological polar surface area (TPSA) is 134 Å². The summed E-state index contributed by atoms with van der Waals surface area (Å²) in [6.45, 7) is 0.401. The number of urea groups is 1. The van der Waals surface area contributed by atoms with Crippen LogP contribution in [0.3, 0.4) is 0 Å². The van der Waals surface area contributed by atoms with Crippen LogP contribution in [0, 0.1) is 17.1 Å². The number of halogens is 1. The predicted octanol–water partition coefficient (Wildman–Crippen LogP) is 6.10. The molecule has 0 spiro atoms. The molecule has 2 amide bonds. The van der Waals surface area contributed by atoms with Crippen molar-refractivity contribution in [2.24, 2.45) is 7.05 Å². The molecule has 47 heavy (non-hydrogen) atoms. The van der Waals surface area contributed by atoms with Gasteiger partial charge >= 0.3 is 6.03 Å². The molecule has 0 atom stereocenters. The minimum absolute atomic E-state index is 0.0392. The van der Waals surface area contributed by atoms with E-state index < -0.39 is 5.82 Å². The Morgan fingerprint density at radius 2 is 1.85 bits per heavy atom. The van der Waals surface area contributed by atoms with Crippen LogP contribution >= 0.6 is 0 Å². The van der Waals surface area contributed by atoms with Gasteiger partial charge in [0.2, 0.25) is 5.95 Å². The van der Waals surface area contributed by atoms with Gasteiger partial charge in [0, 0.05) is 60.8 Å². The number of aromatic nitrogens is 5. The summed E-state index contributed by atoms with van der Waals surface area (Å²) in [6.07, 6.45) is 9.87. The average molecular weight is 632 g/mol. The van der Waals surface area contributed by atoms with E-state index in [1.807, 2.05) is 55.7 Å². The number of aryl methyl sites for hydroxylation is 1. The van der Waals surface area contributed by atoms with E-state index in [9.17, 15) is 14.4 Å². The molecule has 0 radical (unpaired) electrons. The molecule has 6 rings (SSSR count). The van der Waals surface area contributed by atoms with Crippen molar-refractivity contribution in [1.82, 2.24) is 30.0 Å². The van der Waals surface area contributed by atoms with Gasteiger partial charge in [0.1, 0.15) is 23.5 Å². The number of pyridine rings is 1. The predicted molar refractivity (Wildman–Crippen MR) is 176 cm³/mol. The number of carbonyl (C=O) groups is 1. The van der Waals surface area contributed by atoms with Gasteiger partial charge < -0.3 is 15.4 Å². The van der Waals surface area contributed by atoms with Gasteiger partial charge in [-0.15, -0.1) is 0 Å². The highest BCUT2D eigenvalue weighted by Gasteiger charge is 2.31. The second-order valence-electron chi connectivity index (χ2n) is 11.4. The monoisotopic (exact) mass is 631 g/mol. The number of rotatable bonds is 9. The lowest BCUT2D eigenvalue weighted by Gasteiger charge is -2.36. The van der Waals surface area contributed by atoms with Crippen LogP contribution in [-0.2, 0) is 13.6 Å². The fourth-order valence-corrected chi connectivity index (χ4v) is 5.85. The first-order valence-electron chi connectivity index (χ1n) is 15.4. The Kier molecular flexibility index (Phi) is 9.33. The maximum absolute atomic E-state index is 13.9. The molecule has 0 unspecified atom stereocenters. The number of hydrogen-bond donors (Lipinski definition) is 2. The van der Waals surface area contributed by atoms with E-state index >= 15 is 0 Å². The maximum Gasteiger partial charge on any atom is 0.323 e. The van der Waals surface area contributed by atoms with Crippen LogP contribution in [0.4, 0.5) is 21.0 Å². The van der Waals surface area contributed by atoms with Crippen molar-refractivity contribution in [2.75, 3.05) is 17.3 Å². The zero-order valence-electron chi connectivity index (χ0n) is 26.1. The normalized spacial score (nSPS) is 15.8. The van der Waals surface area contributed by atoms with Crippen LogP contribution < -0.4 is 20.3 Å². The van der Waals surface area contributed by atoms with E-state index in [0.717, 1.165) is 42.4 Å². The van der Waals surface area contributed by atoms with Gasteiger partial charge in [0.25, 0.3) is 0 Å². The van der Waals surface area contributed by atoms with E-state index in [2.05, 4.69) is 31.8 Å². The quantitative estimate of drug-likeness (QED) is 0.199. The third-order valence-electron chi connectivity index (χ3n) is 8.26. The molecule has 0 bridgehead atoms. The van der Waals surface area contributed by atoms with Gasteiger partial charge in [-0.3, -0.25) is 9.58 Å². The summed E-state index contributed by atoms with van der Waals surface area (Å²) >= 11 is 0. The van der Waals surface area contributed by atoms with Crippen molar-refractivity contribution >= 4 is 17.8 Å². The third kappa shape index (κ3) is 7.20. The lowest BCUT2D eigenvalue weighted by atomic mass is 9.90. The molecule has 1 aliphatic carbocycles. The third-order valence-corrected chi connectivity index (χ3v) is 8.26. The van der Waals surface area contributed by atoms with Crippen LogP contribution in [-0.4, -0.2) is 50.0 Å². The van der Waals surface area contributed by atoms with Crippen LogP contribution in [0.25, 0.3) is 22.4 Å². The molecule has 3 heterocycles. The molecule has 0 aliphatic heterocycles. The van der Waals surface area contributed by atoms with Crippen molar-refractivity contribution in [3.05, 3.63) is 102 Å². The van der Waals surface area contributed by atoms with Crippen LogP contribution in [0.15, 0.2) is 85.5 Å². The summed E-state index contributed by atoms with van der Waals surface area (Å²) in [7, 11) is 3.31. The Bertz CT molecular complexity index is 1880. The van der Waals surface area contributed by atoms with E-state index in [4.69, 9.17) is 9.72 Å². The number of ether oxygens (including phenoxy) is 1. The number of methoxy groups -OCH3 is 1. The van der Waals surface area contributed by atoms with Crippen molar-refractivity contribution in [2.45, 2.75) is 44.3 Å². The molecular formula is C35H34FN9O2. The molecule has 3 aromatic heterocycles. The number of amides is 2. The fourth-order valence-electron chi connectivity index (χ4n) is 5.85. The van der Waals surface area contributed by atoms with Gasteiger partial charge in [-0.1, -0.05) is 30.3 Å².